The number of hydrogen-bond acceptors (Lipinski definition) is 4. The Labute approximate surface area is 320 Å². The maximum absolute atomic E-state index is 5.75. The predicted octanol–water partition coefficient (Wildman–Crippen LogP) is 10.6. The van der Waals surface area contributed by atoms with E-state index in [0.717, 1.165) is 89.4 Å². The third kappa shape index (κ3) is 6.20. The summed E-state index contributed by atoms with van der Waals surface area (Å²) in [5.74, 6) is 1.27. The van der Waals surface area contributed by atoms with Crippen LogP contribution in [0.5, 0.6) is 11.5 Å². The summed E-state index contributed by atoms with van der Waals surface area (Å²) in [5.41, 5.74) is 14.2. The topological polar surface area (TPSA) is 72.4 Å². The van der Waals surface area contributed by atoms with Gasteiger partial charge < -0.3 is 19.4 Å². The van der Waals surface area contributed by atoms with Gasteiger partial charge in [-0.3, -0.25) is 0 Å². The molecule has 0 spiro atoms. The van der Waals surface area contributed by atoms with Gasteiger partial charge in [-0.2, -0.15) is 0 Å². The summed E-state index contributed by atoms with van der Waals surface area (Å²) in [6.07, 6.45) is 8.31. The van der Waals surface area contributed by atoms with Crippen LogP contribution in [0.15, 0.2) is 133 Å². The minimum absolute atomic E-state index is 0. The van der Waals surface area contributed by atoms with Crippen LogP contribution < -0.4 is 19.4 Å². The fraction of sp³-hybridized carbons (Fsp3) is 0.0435. The van der Waals surface area contributed by atoms with Crippen LogP contribution in [-0.2, 0) is 19.5 Å². The smallest absolute Gasteiger partial charge is 0.657 e. The largest absolute Gasteiger partial charge is 2.00 e. The number of ether oxygens (including phenoxy) is 2. The molecule has 0 saturated heterocycles. The molecule has 7 aromatic rings. The molecule has 0 fully saturated rings. The van der Waals surface area contributed by atoms with Gasteiger partial charge in [-0.15, -0.1) is 22.1 Å². The summed E-state index contributed by atoms with van der Waals surface area (Å²) in [5, 5.41) is 0. The van der Waals surface area contributed by atoms with Crippen molar-refractivity contribution < 1.29 is 29.0 Å². The molecule has 2 aliphatic heterocycles. The van der Waals surface area contributed by atoms with Crippen LogP contribution in [0.4, 0.5) is 0 Å². The van der Waals surface area contributed by atoms with Crippen molar-refractivity contribution in [2.75, 3.05) is 14.2 Å². The van der Waals surface area contributed by atoms with Crippen molar-refractivity contribution >= 4 is 46.4 Å². The van der Waals surface area contributed by atoms with Gasteiger partial charge >= 0.3 is 19.5 Å². The zero-order valence-electron chi connectivity index (χ0n) is 29.3. The van der Waals surface area contributed by atoms with Gasteiger partial charge in [0.25, 0.3) is 0 Å². The van der Waals surface area contributed by atoms with Gasteiger partial charge in [-0.25, -0.2) is 9.97 Å². The van der Waals surface area contributed by atoms with Crippen molar-refractivity contribution in [3.05, 3.63) is 156 Å². The van der Waals surface area contributed by atoms with E-state index >= 15 is 0 Å². The van der Waals surface area contributed by atoms with Crippen LogP contribution >= 0.6 is 0 Å². The molecule has 2 aliphatic rings. The first kappa shape index (κ1) is 33.8. The van der Waals surface area contributed by atoms with Crippen LogP contribution in [0.2, 0.25) is 0 Å². The van der Waals surface area contributed by atoms with Crippen molar-refractivity contribution in [1.29, 1.82) is 0 Å². The normalized spacial score (nSPS) is 11.7. The van der Waals surface area contributed by atoms with Crippen molar-refractivity contribution in [3.63, 3.8) is 0 Å². The number of rotatable bonds is 6. The molecule has 250 valence electrons. The maximum Gasteiger partial charge on any atom is 2.00 e. The second-order valence-corrected chi connectivity index (χ2v) is 12.5. The predicted molar refractivity (Wildman–Crippen MR) is 212 cm³/mol. The third-order valence-corrected chi connectivity index (χ3v) is 9.47. The van der Waals surface area contributed by atoms with E-state index in [1.165, 1.54) is 0 Å². The molecular formula is C46H32N4O2Zn. The van der Waals surface area contributed by atoms with E-state index in [-0.39, 0.29) is 19.5 Å². The van der Waals surface area contributed by atoms with E-state index in [1.807, 2.05) is 60.7 Å². The van der Waals surface area contributed by atoms with E-state index in [4.69, 9.17) is 29.4 Å². The fourth-order valence-corrected chi connectivity index (χ4v) is 7.08. The number of methoxy groups -OCH3 is 2. The Morgan fingerprint density at radius 1 is 0.377 bits per heavy atom. The summed E-state index contributed by atoms with van der Waals surface area (Å²) in [6, 6.07) is 45.2. The summed E-state index contributed by atoms with van der Waals surface area (Å²) in [4.78, 5) is 21.3. The minimum atomic E-state index is 0. The van der Waals surface area contributed by atoms with E-state index in [0.29, 0.717) is 11.5 Å². The first-order valence-corrected chi connectivity index (χ1v) is 17.1. The Morgan fingerprint density at radius 3 is 1.06 bits per heavy atom. The molecule has 3 aromatic heterocycles. The van der Waals surface area contributed by atoms with Gasteiger partial charge in [0.2, 0.25) is 0 Å². The molecule has 9 rings (SSSR count). The molecular weight excluding hydrogens is 706 g/mol. The van der Waals surface area contributed by atoms with Crippen molar-refractivity contribution in [2.24, 2.45) is 0 Å². The summed E-state index contributed by atoms with van der Waals surface area (Å²) in [7, 11) is 3.29. The quantitative estimate of drug-likeness (QED) is 0.158. The molecule has 53 heavy (non-hydrogen) atoms. The van der Waals surface area contributed by atoms with Gasteiger partial charge in [-0.05, 0) is 80.9 Å². The van der Waals surface area contributed by atoms with Crippen LogP contribution in [0.1, 0.15) is 22.8 Å². The average Bonchev–Trinajstić information content (AvgIpc) is 4.04. The van der Waals surface area contributed by atoms with Crippen LogP contribution in [0.3, 0.4) is 0 Å². The molecule has 0 atom stereocenters. The number of hydrogen-bond donors (Lipinski definition) is 0. The molecule has 6 nitrogen and oxygen atoms in total. The molecule has 0 radical (unpaired) electrons. The summed E-state index contributed by atoms with van der Waals surface area (Å²) < 4.78 is 11.3. The molecule has 0 unspecified atom stereocenters. The zero-order valence-corrected chi connectivity index (χ0v) is 32.3. The van der Waals surface area contributed by atoms with Crippen molar-refractivity contribution in [1.82, 2.24) is 19.9 Å². The van der Waals surface area contributed by atoms with Gasteiger partial charge in [0.05, 0.1) is 37.0 Å². The minimum Gasteiger partial charge on any atom is -0.657 e. The van der Waals surface area contributed by atoms with Crippen LogP contribution in [-0.4, -0.2) is 24.2 Å². The molecule has 4 aromatic carbocycles. The van der Waals surface area contributed by atoms with Crippen LogP contribution in [0.25, 0.3) is 90.9 Å². The second-order valence-electron chi connectivity index (χ2n) is 12.5. The van der Waals surface area contributed by atoms with Gasteiger partial charge in [0.15, 0.2) is 11.5 Å². The zero-order chi connectivity index (χ0) is 35.0. The molecule has 7 heteroatoms. The second kappa shape index (κ2) is 14.4. The number of benzene rings is 4. The Bertz CT molecular complexity index is 2660. The van der Waals surface area contributed by atoms with Crippen molar-refractivity contribution in [3.8, 4) is 56.0 Å². The third-order valence-electron chi connectivity index (χ3n) is 9.47. The molecule has 0 N–H and O–H groups in total. The van der Waals surface area contributed by atoms with Gasteiger partial charge in [0.1, 0.15) is 0 Å². The number of fused-ring (bicyclic) bond motifs is 8. The Morgan fingerprint density at radius 2 is 0.717 bits per heavy atom. The SMILES string of the molecule is COc1ccc(-c2c3nc(c(-c4ccccc4)c4ccc([n-]4)c(-c4ccccc4)c4nc(c(-c5ccccc5)c5ccc2[n-]5)C=C4)C=C3)cc1OC.[Zn+2]. The molecule has 5 heterocycles. The monoisotopic (exact) mass is 736 g/mol. The Hall–Kier alpha value is -6.30. The van der Waals surface area contributed by atoms with E-state index in [9.17, 15) is 0 Å². The van der Waals surface area contributed by atoms with E-state index in [2.05, 4.69) is 97.1 Å². The first-order valence-electron chi connectivity index (χ1n) is 17.1. The van der Waals surface area contributed by atoms with Gasteiger partial charge in [0, 0.05) is 0 Å². The number of aromatic nitrogens is 4. The number of nitrogens with zero attached hydrogens (tertiary/aromatic N) is 4. The average molecular weight is 738 g/mol. The Balaban J connectivity index is 0.00000400. The molecule has 8 bridgehead atoms. The summed E-state index contributed by atoms with van der Waals surface area (Å²) in [6.45, 7) is 0. The van der Waals surface area contributed by atoms with E-state index in [1.54, 1.807) is 14.2 Å². The molecule has 0 aliphatic carbocycles. The fourth-order valence-electron chi connectivity index (χ4n) is 7.08. The summed E-state index contributed by atoms with van der Waals surface area (Å²) >= 11 is 0. The van der Waals surface area contributed by atoms with Crippen molar-refractivity contribution in [2.45, 2.75) is 0 Å². The standard InChI is InChI=1S/C46H32N4O2.Zn/c1-51-41-27-18-32(28-42(41)52-2)46-39-25-23-37(49-39)44(30-14-8-4-9-15-30)35-21-19-33(47-35)43(29-12-6-3-7-13-29)34-20-22-36(48-34)45(31-16-10-5-11-17-31)38-24-26-40(46)50-38;/h3-28H,1-2H3;/q-2;+2. The van der Waals surface area contributed by atoms with Gasteiger partial charge in [-0.1, -0.05) is 121 Å². The van der Waals surface area contributed by atoms with Crippen LogP contribution in [0, 0.1) is 0 Å². The Kier molecular flexibility index (Phi) is 9.18. The molecule has 0 amide bonds. The first-order chi connectivity index (χ1) is 25.7. The maximum atomic E-state index is 5.75. The van der Waals surface area contributed by atoms with E-state index < -0.39 is 0 Å². The molecule has 0 saturated carbocycles.